The molecular weight excluding hydrogens is 331 g/mol. The van der Waals surface area contributed by atoms with Crippen LogP contribution < -0.4 is 5.43 Å². The first-order valence-electron chi connectivity index (χ1n) is 6.95. The van der Waals surface area contributed by atoms with E-state index in [1.54, 1.807) is 30.4 Å². The highest BCUT2D eigenvalue weighted by Gasteiger charge is 2.04. The Labute approximate surface area is 143 Å². The summed E-state index contributed by atoms with van der Waals surface area (Å²) in [6, 6.07) is 12.5. The lowest BCUT2D eigenvalue weighted by molar-refractivity contribution is 0.601. The third kappa shape index (κ3) is 3.73. The molecule has 0 bridgehead atoms. The smallest absolute Gasteiger partial charge is 0.199 e. The van der Waals surface area contributed by atoms with Crippen molar-refractivity contribution in [2.45, 2.75) is 0 Å². The third-order valence-electron chi connectivity index (χ3n) is 3.31. The van der Waals surface area contributed by atoms with Crippen molar-refractivity contribution in [3.8, 4) is 0 Å². The second-order valence-electron chi connectivity index (χ2n) is 4.93. The number of allylic oxidation sites excluding steroid dienone is 2. The number of hydrogen-bond donors (Lipinski definition) is 0. The Hall–Kier alpha value is -2.29. The molecular formula is C19H12Cl2O2. The molecule has 2 nitrogen and oxygen atoms in total. The van der Waals surface area contributed by atoms with Crippen LogP contribution in [0.1, 0.15) is 11.1 Å². The lowest BCUT2D eigenvalue weighted by Crippen LogP contribution is -2.04. The van der Waals surface area contributed by atoms with Crippen LogP contribution in [0.2, 0.25) is 10.0 Å². The van der Waals surface area contributed by atoms with Crippen molar-refractivity contribution in [3.63, 3.8) is 0 Å². The van der Waals surface area contributed by atoms with E-state index in [9.17, 15) is 4.79 Å². The molecule has 3 rings (SSSR count). The van der Waals surface area contributed by atoms with Crippen LogP contribution in [-0.2, 0) is 0 Å². The Morgan fingerprint density at radius 1 is 0.870 bits per heavy atom. The highest BCUT2D eigenvalue weighted by molar-refractivity contribution is 6.31. The largest absolute Gasteiger partial charge is 0.463 e. The van der Waals surface area contributed by atoms with E-state index in [0.717, 1.165) is 5.56 Å². The van der Waals surface area contributed by atoms with Crippen molar-refractivity contribution < 1.29 is 4.42 Å². The molecule has 114 valence electrons. The number of halogens is 2. The van der Waals surface area contributed by atoms with Crippen molar-refractivity contribution >= 4 is 46.3 Å². The van der Waals surface area contributed by atoms with Crippen LogP contribution >= 0.6 is 23.2 Å². The molecule has 1 aromatic heterocycles. The first kappa shape index (κ1) is 15.6. The van der Waals surface area contributed by atoms with Crippen LogP contribution in [0.25, 0.3) is 23.1 Å². The summed E-state index contributed by atoms with van der Waals surface area (Å²) in [6.07, 6.45) is 8.72. The normalized spacial score (nSPS) is 11.7. The summed E-state index contributed by atoms with van der Waals surface area (Å²) in [6.45, 7) is 0. The maximum absolute atomic E-state index is 12.4. The van der Waals surface area contributed by atoms with E-state index in [1.165, 1.54) is 6.26 Å². The fourth-order valence-electron chi connectivity index (χ4n) is 2.13. The zero-order valence-corrected chi connectivity index (χ0v) is 13.5. The van der Waals surface area contributed by atoms with E-state index in [-0.39, 0.29) is 5.43 Å². The van der Waals surface area contributed by atoms with E-state index in [1.807, 2.05) is 36.4 Å². The number of fused-ring (bicyclic) bond motifs is 1. The molecule has 0 aliphatic heterocycles. The first-order valence-corrected chi connectivity index (χ1v) is 7.70. The molecule has 2 aromatic carbocycles. The molecule has 3 aromatic rings. The Bertz CT molecular complexity index is 951. The van der Waals surface area contributed by atoms with E-state index in [0.29, 0.717) is 26.6 Å². The lowest BCUT2D eigenvalue weighted by atomic mass is 10.1. The molecule has 1 heterocycles. The van der Waals surface area contributed by atoms with Gasteiger partial charge in [0.25, 0.3) is 0 Å². The van der Waals surface area contributed by atoms with Crippen molar-refractivity contribution in [3.05, 3.63) is 92.3 Å². The van der Waals surface area contributed by atoms with Crippen molar-refractivity contribution in [1.29, 1.82) is 0 Å². The van der Waals surface area contributed by atoms with Gasteiger partial charge in [-0.2, -0.15) is 0 Å². The predicted octanol–water partition coefficient (Wildman–Crippen LogP) is 5.83. The highest BCUT2D eigenvalue weighted by atomic mass is 35.5. The zero-order valence-electron chi connectivity index (χ0n) is 12.0. The SMILES string of the molecule is O=c1c(/C=C/C=C/c2ccc(Cl)cc2)coc2ccc(Cl)cc12. The summed E-state index contributed by atoms with van der Waals surface area (Å²) in [7, 11) is 0. The van der Waals surface area contributed by atoms with Gasteiger partial charge in [0.1, 0.15) is 11.8 Å². The van der Waals surface area contributed by atoms with Crippen LogP contribution in [0.4, 0.5) is 0 Å². The zero-order chi connectivity index (χ0) is 16.2. The first-order chi connectivity index (χ1) is 11.1. The summed E-state index contributed by atoms with van der Waals surface area (Å²) >= 11 is 11.8. The molecule has 0 amide bonds. The van der Waals surface area contributed by atoms with E-state index >= 15 is 0 Å². The molecule has 0 fully saturated rings. The predicted molar refractivity (Wildman–Crippen MR) is 97.0 cm³/mol. The Morgan fingerprint density at radius 3 is 2.35 bits per heavy atom. The molecule has 0 saturated heterocycles. The monoisotopic (exact) mass is 342 g/mol. The summed E-state index contributed by atoms with van der Waals surface area (Å²) in [5, 5.41) is 1.68. The van der Waals surface area contributed by atoms with Gasteiger partial charge in [0, 0.05) is 10.0 Å². The average molecular weight is 343 g/mol. The quantitative estimate of drug-likeness (QED) is 0.561. The average Bonchev–Trinajstić information content (AvgIpc) is 2.55. The van der Waals surface area contributed by atoms with E-state index in [2.05, 4.69) is 0 Å². The molecule has 0 saturated carbocycles. The van der Waals surface area contributed by atoms with Crippen molar-refractivity contribution in [2.75, 3.05) is 0 Å². The number of benzene rings is 2. The van der Waals surface area contributed by atoms with E-state index in [4.69, 9.17) is 27.6 Å². The molecule has 0 aliphatic rings. The van der Waals surface area contributed by atoms with Gasteiger partial charge in [-0.15, -0.1) is 0 Å². The Morgan fingerprint density at radius 2 is 1.57 bits per heavy atom. The maximum atomic E-state index is 12.4. The molecule has 0 radical (unpaired) electrons. The van der Waals surface area contributed by atoms with Gasteiger partial charge in [-0.25, -0.2) is 0 Å². The molecule has 0 atom stereocenters. The standard InChI is InChI=1S/C19H12Cl2O2/c20-15-7-5-13(6-8-15)3-1-2-4-14-12-23-18-10-9-16(21)11-17(18)19(14)22/h1-12H/b3-1+,4-2+. The van der Waals surface area contributed by atoms with Gasteiger partial charge in [0.05, 0.1) is 10.9 Å². The fraction of sp³-hybridized carbons (Fsp3) is 0. The summed E-state index contributed by atoms with van der Waals surface area (Å²) in [4.78, 5) is 12.4. The van der Waals surface area contributed by atoms with E-state index < -0.39 is 0 Å². The molecule has 4 heteroatoms. The van der Waals surface area contributed by atoms with Crippen molar-refractivity contribution in [2.24, 2.45) is 0 Å². The maximum Gasteiger partial charge on any atom is 0.199 e. The Kier molecular flexibility index (Phi) is 4.65. The van der Waals surface area contributed by atoms with Gasteiger partial charge < -0.3 is 4.42 Å². The number of hydrogen-bond acceptors (Lipinski definition) is 2. The topological polar surface area (TPSA) is 30.2 Å². The minimum atomic E-state index is -0.107. The summed E-state index contributed by atoms with van der Waals surface area (Å²) in [5.74, 6) is 0. The number of rotatable bonds is 3. The van der Waals surface area contributed by atoms with Crippen molar-refractivity contribution in [1.82, 2.24) is 0 Å². The summed E-state index contributed by atoms with van der Waals surface area (Å²) < 4.78 is 5.46. The van der Waals surface area contributed by atoms with Gasteiger partial charge in [0.15, 0.2) is 5.43 Å². The molecule has 0 spiro atoms. The third-order valence-corrected chi connectivity index (χ3v) is 3.79. The molecule has 0 N–H and O–H groups in total. The second kappa shape index (κ2) is 6.86. The van der Waals surface area contributed by atoms with Crippen LogP contribution in [0, 0.1) is 0 Å². The summed E-state index contributed by atoms with van der Waals surface area (Å²) in [5.41, 5.74) is 1.91. The second-order valence-corrected chi connectivity index (χ2v) is 5.80. The van der Waals surface area contributed by atoms with Crippen LogP contribution in [0.3, 0.4) is 0 Å². The highest BCUT2D eigenvalue weighted by Crippen LogP contribution is 2.17. The minimum Gasteiger partial charge on any atom is -0.463 e. The van der Waals surface area contributed by atoms with Gasteiger partial charge in [-0.05, 0) is 42.0 Å². The van der Waals surface area contributed by atoms with Gasteiger partial charge >= 0.3 is 0 Å². The van der Waals surface area contributed by atoms with Gasteiger partial charge in [-0.3, -0.25) is 4.79 Å². The fourth-order valence-corrected chi connectivity index (χ4v) is 2.43. The minimum absolute atomic E-state index is 0.107. The lowest BCUT2D eigenvalue weighted by Gasteiger charge is -1.98. The van der Waals surface area contributed by atoms with Gasteiger partial charge in [-0.1, -0.05) is 53.6 Å². The van der Waals surface area contributed by atoms with Gasteiger partial charge in [0.2, 0.25) is 0 Å². The van der Waals surface area contributed by atoms with Crippen LogP contribution in [-0.4, -0.2) is 0 Å². The molecule has 0 aliphatic carbocycles. The molecule has 23 heavy (non-hydrogen) atoms. The Balaban J connectivity index is 1.85. The van der Waals surface area contributed by atoms with Crippen LogP contribution in [0.15, 0.2) is 70.1 Å². The molecule has 0 unspecified atom stereocenters. The van der Waals surface area contributed by atoms with Crippen LogP contribution in [0.5, 0.6) is 0 Å².